The maximum absolute atomic E-state index is 12.4. The summed E-state index contributed by atoms with van der Waals surface area (Å²) in [6.45, 7) is 1.76. The Balaban J connectivity index is 2.07. The molecule has 1 aliphatic rings. The van der Waals surface area contributed by atoms with Crippen molar-refractivity contribution in [2.45, 2.75) is 31.8 Å². The van der Waals surface area contributed by atoms with Gasteiger partial charge >= 0.3 is 6.03 Å². The molecule has 0 heterocycles. The number of sulfone groups is 1. The molecule has 21 heavy (non-hydrogen) atoms. The first-order chi connectivity index (χ1) is 9.76. The number of rotatable bonds is 5. The van der Waals surface area contributed by atoms with E-state index in [0.717, 1.165) is 12.8 Å². The molecule has 0 aromatic heterocycles. The van der Waals surface area contributed by atoms with Gasteiger partial charge in [0.1, 0.15) is 9.84 Å². The van der Waals surface area contributed by atoms with E-state index in [1.807, 2.05) is 0 Å². The van der Waals surface area contributed by atoms with E-state index in [0.29, 0.717) is 10.7 Å². The first-order valence-corrected chi connectivity index (χ1v) is 9.23. The first kappa shape index (κ1) is 16.1. The number of nitrogens with zero attached hydrogens (tertiary/aromatic N) is 1. The van der Waals surface area contributed by atoms with Crippen LogP contribution in [0.15, 0.2) is 24.3 Å². The van der Waals surface area contributed by atoms with Crippen LogP contribution in [0.4, 0.5) is 10.5 Å². The molecular formula is C14H19ClN2O3S. The Hall–Kier alpha value is -1.27. The van der Waals surface area contributed by atoms with Gasteiger partial charge in [0.25, 0.3) is 0 Å². The summed E-state index contributed by atoms with van der Waals surface area (Å²) in [5, 5.41) is 3.39. The Labute approximate surface area is 130 Å². The molecule has 116 valence electrons. The number of amides is 2. The summed E-state index contributed by atoms with van der Waals surface area (Å²) in [7, 11) is -3.13. The van der Waals surface area contributed by atoms with E-state index in [1.165, 1.54) is 6.26 Å². The van der Waals surface area contributed by atoms with E-state index in [4.69, 9.17) is 11.6 Å². The zero-order valence-corrected chi connectivity index (χ0v) is 13.6. The second-order valence-corrected chi connectivity index (χ2v) is 8.14. The largest absolute Gasteiger partial charge is 0.322 e. The fraction of sp³-hybridized carbons (Fsp3) is 0.500. The third-order valence-corrected chi connectivity index (χ3v) is 4.63. The van der Waals surface area contributed by atoms with Crippen LogP contribution >= 0.6 is 11.6 Å². The lowest BCUT2D eigenvalue weighted by atomic mass is 10.3. The van der Waals surface area contributed by atoms with Gasteiger partial charge in [-0.05, 0) is 44.0 Å². The molecule has 1 N–H and O–H groups in total. The van der Waals surface area contributed by atoms with Gasteiger partial charge in [0.2, 0.25) is 0 Å². The average molecular weight is 331 g/mol. The minimum absolute atomic E-state index is 0.0302. The van der Waals surface area contributed by atoms with Gasteiger partial charge in [-0.15, -0.1) is 0 Å². The second kappa shape index (κ2) is 6.23. The van der Waals surface area contributed by atoms with E-state index in [2.05, 4.69) is 5.32 Å². The molecule has 2 amide bonds. The minimum atomic E-state index is -3.13. The van der Waals surface area contributed by atoms with Crippen LogP contribution < -0.4 is 5.32 Å². The molecule has 0 unspecified atom stereocenters. The van der Waals surface area contributed by atoms with Gasteiger partial charge in [-0.1, -0.05) is 11.6 Å². The van der Waals surface area contributed by atoms with Gasteiger partial charge in [-0.3, -0.25) is 0 Å². The Bertz CT molecular complexity index is 612. The molecule has 1 aliphatic carbocycles. The number of nitrogens with one attached hydrogen (secondary N) is 1. The van der Waals surface area contributed by atoms with Gasteiger partial charge in [-0.2, -0.15) is 0 Å². The van der Waals surface area contributed by atoms with Gasteiger partial charge < -0.3 is 10.2 Å². The van der Waals surface area contributed by atoms with Crippen LogP contribution in [-0.2, 0) is 9.84 Å². The predicted molar refractivity (Wildman–Crippen MR) is 84.5 cm³/mol. The molecule has 1 saturated carbocycles. The van der Waals surface area contributed by atoms with Crippen molar-refractivity contribution in [2.24, 2.45) is 0 Å². The molecular weight excluding hydrogens is 312 g/mol. The number of carbonyl (C=O) groups is 1. The number of carbonyl (C=O) groups excluding carboxylic acids is 1. The molecule has 1 fully saturated rings. The molecule has 0 bridgehead atoms. The van der Waals surface area contributed by atoms with Gasteiger partial charge in [-0.25, -0.2) is 13.2 Å². The van der Waals surface area contributed by atoms with Crippen molar-refractivity contribution in [3.8, 4) is 0 Å². The summed E-state index contributed by atoms with van der Waals surface area (Å²) < 4.78 is 22.9. The van der Waals surface area contributed by atoms with E-state index in [1.54, 1.807) is 36.1 Å². The highest BCUT2D eigenvalue weighted by Crippen LogP contribution is 2.29. The van der Waals surface area contributed by atoms with Crippen LogP contribution in [-0.4, -0.2) is 43.4 Å². The topological polar surface area (TPSA) is 66.5 Å². The fourth-order valence-corrected chi connectivity index (χ4v) is 3.48. The van der Waals surface area contributed by atoms with Crippen molar-refractivity contribution >= 4 is 33.2 Å². The maximum atomic E-state index is 12.4. The van der Waals surface area contributed by atoms with Crippen LogP contribution in [0.25, 0.3) is 0 Å². The van der Waals surface area contributed by atoms with Crippen LogP contribution in [0.3, 0.4) is 0 Å². The van der Waals surface area contributed by atoms with Gasteiger partial charge in [0.15, 0.2) is 0 Å². The summed E-state index contributed by atoms with van der Waals surface area (Å²) in [4.78, 5) is 14.0. The molecule has 0 saturated heterocycles. The number of hydrogen-bond donors (Lipinski definition) is 1. The lowest BCUT2D eigenvalue weighted by Gasteiger charge is -2.29. The van der Waals surface area contributed by atoms with E-state index in [-0.39, 0.29) is 23.9 Å². The summed E-state index contributed by atoms with van der Waals surface area (Å²) in [6.07, 6.45) is 3.02. The van der Waals surface area contributed by atoms with Crippen LogP contribution in [0.5, 0.6) is 0 Å². The Morgan fingerprint density at radius 1 is 1.38 bits per heavy atom. The molecule has 1 aromatic carbocycles. The number of benzene rings is 1. The van der Waals surface area contributed by atoms with Crippen molar-refractivity contribution in [1.82, 2.24) is 4.90 Å². The van der Waals surface area contributed by atoms with Crippen LogP contribution in [0.1, 0.15) is 19.8 Å². The summed E-state index contributed by atoms with van der Waals surface area (Å²) in [5.41, 5.74) is 0.640. The van der Waals surface area contributed by atoms with Gasteiger partial charge in [0.05, 0.1) is 5.75 Å². The highest BCUT2D eigenvalue weighted by atomic mass is 35.5. The molecule has 1 aromatic rings. The normalized spacial score (nSPS) is 16.3. The van der Waals surface area contributed by atoms with E-state index >= 15 is 0 Å². The standard InChI is InChI=1S/C14H19ClN2O3S/c1-10(9-21(2,19)20)17(13-7-8-13)14(18)16-12-5-3-11(15)4-6-12/h3-6,10,13H,7-9H2,1-2H3,(H,16,18)/t10-/m1/s1. The minimum Gasteiger partial charge on any atom is -0.318 e. The van der Waals surface area contributed by atoms with E-state index < -0.39 is 9.84 Å². The third-order valence-electron chi connectivity index (χ3n) is 3.29. The van der Waals surface area contributed by atoms with Crippen LogP contribution in [0.2, 0.25) is 5.02 Å². The molecule has 0 spiro atoms. The zero-order chi connectivity index (χ0) is 15.6. The highest BCUT2D eigenvalue weighted by molar-refractivity contribution is 7.90. The lowest BCUT2D eigenvalue weighted by Crippen LogP contribution is -2.45. The highest BCUT2D eigenvalue weighted by Gasteiger charge is 2.36. The van der Waals surface area contributed by atoms with Crippen molar-refractivity contribution in [2.75, 3.05) is 17.3 Å². The second-order valence-electron chi connectivity index (χ2n) is 5.52. The van der Waals surface area contributed by atoms with Crippen LogP contribution in [0, 0.1) is 0 Å². The first-order valence-electron chi connectivity index (χ1n) is 6.79. The number of halogens is 1. The molecule has 1 atom stereocenters. The molecule has 2 rings (SSSR count). The molecule has 0 aliphatic heterocycles. The summed E-state index contributed by atoms with van der Waals surface area (Å²) in [5.74, 6) is -0.0302. The lowest BCUT2D eigenvalue weighted by molar-refractivity contribution is 0.194. The molecule has 7 heteroatoms. The molecule has 0 radical (unpaired) electrons. The van der Waals surface area contributed by atoms with Gasteiger partial charge in [0, 0.05) is 29.0 Å². The zero-order valence-electron chi connectivity index (χ0n) is 12.0. The third kappa shape index (κ3) is 4.89. The average Bonchev–Trinajstić information content (AvgIpc) is 3.14. The fourth-order valence-electron chi connectivity index (χ4n) is 2.32. The molecule has 5 nitrogen and oxygen atoms in total. The van der Waals surface area contributed by atoms with E-state index in [9.17, 15) is 13.2 Å². The monoisotopic (exact) mass is 330 g/mol. The summed E-state index contributed by atoms with van der Waals surface area (Å²) >= 11 is 5.80. The predicted octanol–water partition coefficient (Wildman–Crippen LogP) is 2.77. The Morgan fingerprint density at radius 2 is 1.95 bits per heavy atom. The number of anilines is 1. The number of hydrogen-bond acceptors (Lipinski definition) is 3. The van der Waals surface area contributed by atoms with Crippen molar-refractivity contribution < 1.29 is 13.2 Å². The maximum Gasteiger partial charge on any atom is 0.322 e. The summed E-state index contributed by atoms with van der Waals surface area (Å²) in [6, 6.07) is 6.33. The Morgan fingerprint density at radius 3 is 2.43 bits per heavy atom. The smallest absolute Gasteiger partial charge is 0.318 e. The van der Waals surface area contributed by atoms with Crippen molar-refractivity contribution in [1.29, 1.82) is 0 Å². The van der Waals surface area contributed by atoms with Crippen molar-refractivity contribution in [3.05, 3.63) is 29.3 Å². The Kier molecular flexibility index (Phi) is 4.78. The SMILES string of the molecule is C[C@H](CS(C)(=O)=O)N(C(=O)Nc1ccc(Cl)cc1)C1CC1. The number of urea groups is 1. The van der Waals surface area contributed by atoms with Crippen molar-refractivity contribution in [3.63, 3.8) is 0 Å². The quantitative estimate of drug-likeness (QED) is 0.902.